The molecule has 14 heavy (non-hydrogen) atoms. The van der Waals surface area contributed by atoms with Crippen LogP contribution in [0.4, 0.5) is 0 Å². The Hall–Kier alpha value is -0.450. The average Bonchev–Trinajstić information content (AvgIpc) is 2.16. The molecule has 4 heteroatoms. The second kappa shape index (κ2) is 4.87. The first kappa shape index (κ1) is 11.6. The van der Waals surface area contributed by atoms with Gasteiger partial charge in [-0.25, -0.2) is 4.98 Å². The van der Waals surface area contributed by atoms with Crippen molar-refractivity contribution in [2.24, 2.45) is 17.4 Å². The highest BCUT2D eigenvalue weighted by Gasteiger charge is 2.18. The first-order valence-electron chi connectivity index (χ1n) is 4.65. The van der Waals surface area contributed by atoms with Crippen molar-refractivity contribution in [1.82, 2.24) is 4.98 Å². The van der Waals surface area contributed by atoms with Crippen molar-refractivity contribution < 1.29 is 0 Å². The second-order valence-corrected chi connectivity index (χ2v) is 4.57. The van der Waals surface area contributed by atoms with Gasteiger partial charge in [0.15, 0.2) is 0 Å². The van der Waals surface area contributed by atoms with Crippen molar-refractivity contribution in [2.45, 2.75) is 25.9 Å². The highest BCUT2D eigenvalue weighted by Crippen LogP contribution is 2.18. The summed E-state index contributed by atoms with van der Waals surface area (Å²) in [4.78, 5) is 4.12. The molecule has 1 aromatic heterocycles. The van der Waals surface area contributed by atoms with Gasteiger partial charge in [-0.05, 0) is 33.5 Å². The van der Waals surface area contributed by atoms with Gasteiger partial charge in [0.25, 0.3) is 0 Å². The van der Waals surface area contributed by atoms with Crippen LogP contribution in [0, 0.1) is 5.92 Å². The molecule has 2 atom stereocenters. The summed E-state index contributed by atoms with van der Waals surface area (Å²) >= 11 is 3.28. The second-order valence-electron chi connectivity index (χ2n) is 3.76. The van der Waals surface area contributed by atoms with Crippen LogP contribution >= 0.6 is 15.9 Å². The molecule has 0 unspecified atom stereocenters. The topological polar surface area (TPSA) is 64.9 Å². The average molecular weight is 258 g/mol. The molecule has 1 rings (SSSR count). The van der Waals surface area contributed by atoms with E-state index in [1.165, 1.54) is 0 Å². The number of halogens is 1. The van der Waals surface area contributed by atoms with Gasteiger partial charge in [-0.2, -0.15) is 0 Å². The standard InChI is InChI=1S/C10H16BrN3/c1-6(2)9(12)10(13)7-3-4-8(11)14-5-7/h3-6,9-10H,12-13H2,1-2H3/t9-,10-/m0/s1. The fourth-order valence-corrected chi connectivity index (χ4v) is 1.46. The number of aromatic nitrogens is 1. The molecular formula is C10H16BrN3. The van der Waals surface area contributed by atoms with E-state index in [9.17, 15) is 0 Å². The van der Waals surface area contributed by atoms with Gasteiger partial charge in [0.1, 0.15) is 4.60 Å². The smallest absolute Gasteiger partial charge is 0.106 e. The van der Waals surface area contributed by atoms with Gasteiger partial charge < -0.3 is 11.5 Å². The molecule has 0 amide bonds. The molecule has 0 bridgehead atoms. The minimum Gasteiger partial charge on any atom is -0.326 e. The van der Waals surface area contributed by atoms with Crippen LogP contribution in [-0.2, 0) is 0 Å². The summed E-state index contributed by atoms with van der Waals surface area (Å²) in [6, 6.07) is 3.65. The number of pyridine rings is 1. The van der Waals surface area contributed by atoms with E-state index in [1.54, 1.807) is 6.20 Å². The molecule has 1 aromatic rings. The maximum atomic E-state index is 6.01. The molecule has 78 valence electrons. The molecule has 0 saturated carbocycles. The van der Waals surface area contributed by atoms with E-state index in [4.69, 9.17) is 11.5 Å². The molecule has 4 N–H and O–H groups in total. The number of hydrogen-bond donors (Lipinski definition) is 2. The Kier molecular flexibility index (Phi) is 4.04. The number of nitrogens with zero attached hydrogens (tertiary/aromatic N) is 1. The summed E-state index contributed by atoms with van der Waals surface area (Å²) in [5, 5.41) is 0. The lowest BCUT2D eigenvalue weighted by Crippen LogP contribution is -2.38. The van der Waals surface area contributed by atoms with Crippen LogP contribution in [0.1, 0.15) is 25.5 Å². The normalized spacial score (nSPS) is 15.6. The summed E-state index contributed by atoms with van der Waals surface area (Å²) in [7, 11) is 0. The van der Waals surface area contributed by atoms with Crippen molar-refractivity contribution in [3.05, 3.63) is 28.5 Å². The molecule has 0 aliphatic rings. The SMILES string of the molecule is CC(C)[C@H](N)[C@@H](N)c1ccc(Br)nc1. The van der Waals surface area contributed by atoms with Crippen LogP contribution in [0.2, 0.25) is 0 Å². The molecule has 0 aromatic carbocycles. The Labute approximate surface area is 93.0 Å². The Morgan fingerprint density at radius 3 is 2.36 bits per heavy atom. The summed E-state index contributed by atoms with van der Waals surface area (Å²) < 4.78 is 0.812. The van der Waals surface area contributed by atoms with Gasteiger partial charge in [0, 0.05) is 18.3 Å². The van der Waals surface area contributed by atoms with E-state index in [2.05, 4.69) is 34.8 Å². The lowest BCUT2D eigenvalue weighted by atomic mass is 9.94. The summed E-state index contributed by atoms with van der Waals surface area (Å²) in [6.07, 6.45) is 1.76. The van der Waals surface area contributed by atoms with Crippen LogP contribution in [-0.4, -0.2) is 11.0 Å². The van der Waals surface area contributed by atoms with Gasteiger partial charge in [-0.15, -0.1) is 0 Å². The van der Waals surface area contributed by atoms with E-state index < -0.39 is 0 Å². The molecule has 0 radical (unpaired) electrons. The maximum Gasteiger partial charge on any atom is 0.106 e. The monoisotopic (exact) mass is 257 g/mol. The zero-order valence-corrected chi connectivity index (χ0v) is 10.0. The molecule has 0 fully saturated rings. The van der Waals surface area contributed by atoms with Crippen molar-refractivity contribution in [3.8, 4) is 0 Å². The lowest BCUT2D eigenvalue weighted by molar-refractivity contribution is 0.422. The van der Waals surface area contributed by atoms with Gasteiger partial charge in [-0.3, -0.25) is 0 Å². The van der Waals surface area contributed by atoms with Gasteiger partial charge in [0.05, 0.1) is 0 Å². The summed E-state index contributed by atoms with van der Waals surface area (Å²) in [6.45, 7) is 4.13. The van der Waals surface area contributed by atoms with Crippen LogP contribution in [0.15, 0.2) is 22.9 Å². The third-order valence-corrected chi connectivity index (χ3v) is 2.79. The maximum absolute atomic E-state index is 6.01. The minimum atomic E-state index is -0.143. The molecule has 0 saturated heterocycles. The zero-order valence-electron chi connectivity index (χ0n) is 8.44. The van der Waals surface area contributed by atoms with E-state index >= 15 is 0 Å². The molecule has 1 heterocycles. The van der Waals surface area contributed by atoms with E-state index in [0.717, 1.165) is 10.2 Å². The zero-order chi connectivity index (χ0) is 10.7. The predicted molar refractivity (Wildman–Crippen MR) is 61.7 cm³/mol. The fraction of sp³-hybridized carbons (Fsp3) is 0.500. The Balaban J connectivity index is 2.78. The van der Waals surface area contributed by atoms with Gasteiger partial charge in [-0.1, -0.05) is 19.9 Å². The Bertz CT molecular complexity index is 284. The summed E-state index contributed by atoms with van der Waals surface area (Å²) in [5.41, 5.74) is 13.0. The van der Waals surface area contributed by atoms with Gasteiger partial charge >= 0.3 is 0 Å². The highest BCUT2D eigenvalue weighted by molar-refractivity contribution is 9.10. The Morgan fingerprint density at radius 2 is 1.93 bits per heavy atom. The van der Waals surface area contributed by atoms with Crippen LogP contribution in [0.25, 0.3) is 0 Å². The third kappa shape index (κ3) is 2.77. The predicted octanol–water partition coefficient (Wildman–Crippen LogP) is 1.83. The molecule has 0 aliphatic carbocycles. The van der Waals surface area contributed by atoms with Crippen molar-refractivity contribution in [1.29, 1.82) is 0 Å². The van der Waals surface area contributed by atoms with Crippen LogP contribution in [0.3, 0.4) is 0 Å². The molecule has 0 spiro atoms. The minimum absolute atomic E-state index is 0.0297. The van der Waals surface area contributed by atoms with Crippen molar-refractivity contribution >= 4 is 15.9 Å². The van der Waals surface area contributed by atoms with E-state index in [-0.39, 0.29) is 12.1 Å². The van der Waals surface area contributed by atoms with Crippen molar-refractivity contribution in [2.75, 3.05) is 0 Å². The fourth-order valence-electron chi connectivity index (χ4n) is 1.22. The van der Waals surface area contributed by atoms with Crippen LogP contribution in [0.5, 0.6) is 0 Å². The lowest BCUT2D eigenvalue weighted by Gasteiger charge is -2.23. The summed E-state index contributed by atoms with van der Waals surface area (Å²) in [5.74, 6) is 0.369. The largest absolute Gasteiger partial charge is 0.326 e. The first-order valence-corrected chi connectivity index (χ1v) is 5.44. The molecule has 3 nitrogen and oxygen atoms in total. The van der Waals surface area contributed by atoms with Crippen molar-refractivity contribution in [3.63, 3.8) is 0 Å². The quantitative estimate of drug-likeness (QED) is 0.813. The molecule has 0 aliphatic heterocycles. The van der Waals surface area contributed by atoms with Crippen LogP contribution < -0.4 is 11.5 Å². The number of hydrogen-bond acceptors (Lipinski definition) is 3. The number of nitrogens with two attached hydrogens (primary N) is 2. The third-order valence-electron chi connectivity index (χ3n) is 2.32. The molecular weight excluding hydrogens is 242 g/mol. The first-order chi connectivity index (χ1) is 6.52. The van der Waals surface area contributed by atoms with Gasteiger partial charge in [0.2, 0.25) is 0 Å². The van der Waals surface area contributed by atoms with E-state index in [1.807, 2.05) is 12.1 Å². The van der Waals surface area contributed by atoms with E-state index in [0.29, 0.717) is 5.92 Å². The number of rotatable bonds is 3. The highest BCUT2D eigenvalue weighted by atomic mass is 79.9. The Morgan fingerprint density at radius 1 is 1.29 bits per heavy atom.